The average Bonchev–Trinajstić information content (AvgIpc) is 2.40. The van der Waals surface area contributed by atoms with Crippen molar-refractivity contribution < 1.29 is 4.79 Å². The molecule has 17 heavy (non-hydrogen) atoms. The lowest BCUT2D eigenvalue weighted by molar-refractivity contribution is -0.132. The van der Waals surface area contributed by atoms with Crippen molar-refractivity contribution in [2.75, 3.05) is 43.6 Å². The Kier molecular flexibility index (Phi) is 5.45. The maximum Gasteiger partial charge on any atom is 0.223 e. The van der Waals surface area contributed by atoms with Crippen molar-refractivity contribution in [3.05, 3.63) is 0 Å². The first-order valence-electron chi connectivity index (χ1n) is 6.47. The van der Waals surface area contributed by atoms with E-state index in [0.717, 1.165) is 25.9 Å². The Morgan fingerprint density at radius 3 is 2.41 bits per heavy atom. The number of rotatable bonds is 3. The molecule has 0 aromatic carbocycles. The first-order valence-corrected chi connectivity index (χ1v) is 8.15. The van der Waals surface area contributed by atoms with Crippen LogP contribution in [0.5, 0.6) is 0 Å². The maximum absolute atomic E-state index is 11.7. The number of carbonyl (C=O) groups is 1. The molecular formula is C12H21ClN2OS. The van der Waals surface area contributed by atoms with Gasteiger partial charge in [-0.3, -0.25) is 9.69 Å². The van der Waals surface area contributed by atoms with Crippen LogP contribution in [0, 0.1) is 0 Å². The fourth-order valence-electron chi connectivity index (χ4n) is 2.66. The van der Waals surface area contributed by atoms with Crippen LogP contribution in [0.3, 0.4) is 0 Å². The Balaban J connectivity index is 1.75. The molecule has 0 N–H and O–H groups in total. The van der Waals surface area contributed by atoms with Crippen LogP contribution in [0.1, 0.15) is 19.3 Å². The van der Waals surface area contributed by atoms with Crippen LogP contribution in [0.15, 0.2) is 0 Å². The monoisotopic (exact) mass is 276 g/mol. The highest BCUT2D eigenvalue weighted by atomic mass is 35.5. The zero-order valence-corrected chi connectivity index (χ0v) is 11.8. The topological polar surface area (TPSA) is 23.6 Å². The summed E-state index contributed by atoms with van der Waals surface area (Å²) < 4.78 is 0. The van der Waals surface area contributed by atoms with Gasteiger partial charge in [0, 0.05) is 56.0 Å². The fourth-order valence-corrected chi connectivity index (χ4v) is 3.75. The van der Waals surface area contributed by atoms with Gasteiger partial charge in [0.1, 0.15) is 0 Å². The summed E-state index contributed by atoms with van der Waals surface area (Å²) in [5, 5.41) is 0. The van der Waals surface area contributed by atoms with E-state index in [0.29, 0.717) is 18.3 Å². The molecule has 2 heterocycles. The van der Waals surface area contributed by atoms with Crippen molar-refractivity contribution in [1.82, 2.24) is 9.80 Å². The zero-order chi connectivity index (χ0) is 12.1. The third-order valence-electron chi connectivity index (χ3n) is 3.69. The van der Waals surface area contributed by atoms with Crippen molar-refractivity contribution in [2.45, 2.75) is 25.3 Å². The number of hydrogen-bond acceptors (Lipinski definition) is 3. The van der Waals surface area contributed by atoms with Crippen LogP contribution in [0.2, 0.25) is 0 Å². The van der Waals surface area contributed by atoms with Crippen molar-refractivity contribution in [3.8, 4) is 0 Å². The van der Waals surface area contributed by atoms with Crippen LogP contribution in [0.25, 0.3) is 0 Å². The quantitative estimate of drug-likeness (QED) is 0.733. The van der Waals surface area contributed by atoms with Crippen LogP contribution >= 0.6 is 23.4 Å². The number of nitrogens with zero attached hydrogens (tertiary/aromatic N) is 2. The number of likely N-dealkylation sites (tertiary alicyclic amines) is 1. The highest BCUT2D eigenvalue weighted by molar-refractivity contribution is 7.99. The molecule has 0 atom stereocenters. The second kappa shape index (κ2) is 6.86. The SMILES string of the molecule is O=C(CCCl)N1CCC(N2CCSCC2)CC1. The molecule has 5 heteroatoms. The van der Waals surface area contributed by atoms with Crippen LogP contribution in [-0.2, 0) is 4.79 Å². The van der Waals surface area contributed by atoms with Crippen LogP contribution in [0.4, 0.5) is 0 Å². The number of hydrogen-bond donors (Lipinski definition) is 0. The Hall–Kier alpha value is 0.0700. The van der Waals surface area contributed by atoms with Crippen molar-refractivity contribution in [3.63, 3.8) is 0 Å². The van der Waals surface area contributed by atoms with Gasteiger partial charge in [0.15, 0.2) is 0 Å². The van der Waals surface area contributed by atoms with Crippen molar-refractivity contribution >= 4 is 29.3 Å². The number of alkyl halides is 1. The molecule has 0 bridgehead atoms. The average molecular weight is 277 g/mol. The van der Waals surface area contributed by atoms with Gasteiger partial charge >= 0.3 is 0 Å². The van der Waals surface area contributed by atoms with Gasteiger partial charge in [0.05, 0.1) is 0 Å². The molecule has 0 unspecified atom stereocenters. The normalized spacial score (nSPS) is 23.9. The Bertz CT molecular complexity index is 251. The molecule has 0 aliphatic carbocycles. The van der Waals surface area contributed by atoms with Gasteiger partial charge in [-0.25, -0.2) is 0 Å². The van der Waals surface area contributed by atoms with E-state index >= 15 is 0 Å². The molecule has 0 radical (unpaired) electrons. The largest absolute Gasteiger partial charge is 0.343 e. The highest BCUT2D eigenvalue weighted by Gasteiger charge is 2.27. The second-order valence-corrected chi connectivity index (χ2v) is 6.30. The number of thioether (sulfide) groups is 1. The van der Waals surface area contributed by atoms with E-state index < -0.39 is 0 Å². The standard InChI is InChI=1S/C12H21ClN2OS/c13-4-1-12(16)15-5-2-11(3-6-15)14-7-9-17-10-8-14/h11H,1-10H2. The summed E-state index contributed by atoms with van der Waals surface area (Å²) in [6, 6.07) is 0.705. The molecule has 0 spiro atoms. The van der Waals surface area contributed by atoms with E-state index in [1.54, 1.807) is 0 Å². The molecule has 0 aromatic rings. The fraction of sp³-hybridized carbons (Fsp3) is 0.917. The van der Waals surface area contributed by atoms with Gasteiger partial charge in [-0.15, -0.1) is 11.6 Å². The number of piperidine rings is 1. The first kappa shape index (κ1) is 13.5. The van der Waals surface area contributed by atoms with Crippen molar-refractivity contribution in [2.24, 2.45) is 0 Å². The summed E-state index contributed by atoms with van der Waals surface area (Å²) in [5.74, 6) is 3.21. The lowest BCUT2D eigenvalue weighted by Crippen LogP contribution is -2.49. The minimum absolute atomic E-state index is 0.229. The molecule has 2 aliphatic rings. The minimum Gasteiger partial charge on any atom is -0.343 e. The van der Waals surface area contributed by atoms with Gasteiger partial charge in [-0.05, 0) is 12.8 Å². The summed E-state index contributed by atoms with van der Waals surface area (Å²) in [5.41, 5.74) is 0. The van der Waals surface area contributed by atoms with E-state index in [-0.39, 0.29) is 5.91 Å². The Morgan fingerprint density at radius 1 is 1.18 bits per heavy atom. The first-order chi connectivity index (χ1) is 8.31. The predicted octanol–water partition coefficient (Wildman–Crippen LogP) is 1.66. The van der Waals surface area contributed by atoms with E-state index in [9.17, 15) is 4.79 Å². The lowest BCUT2D eigenvalue weighted by Gasteiger charge is -2.40. The van der Waals surface area contributed by atoms with Gasteiger partial charge in [0.25, 0.3) is 0 Å². The molecular weight excluding hydrogens is 256 g/mol. The van der Waals surface area contributed by atoms with E-state index in [2.05, 4.69) is 16.7 Å². The van der Waals surface area contributed by atoms with Gasteiger partial charge in [-0.1, -0.05) is 0 Å². The number of halogens is 1. The van der Waals surface area contributed by atoms with Gasteiger partial charge < -0.3 is 4.90 Å². The lowest BCUT2D eigenvalue weighted by atomic mass is 10.0. The van der Waals surface area contributed by atoms with E-state index in [4.69, 9.17) is 11.6 Å². The molecule has 2 fully saturated rings. The van der Waals surface area contributed by atoms with Gasteiger partial charge in [-0.2, -0.15) is 11.8 Å². The smallest absolute Gasteiger partial charge is 0.223 e. The van der Waals surface area contributed by atoms with E-state index in [1.807, 2.05) is 4.90 Å². The molecule has 0 aromatic heterocycles. The number of carbonyl (C=O) groups excluding carboxylic acids is 1. The summed E-state index contributed by atoms with van der Waals surface area (Å²) in [4.78, 5) is 16.3. The van der Waals surface area contributed by atoms with Crippen LogP contribution < -0.4 is 0 Å². The Labute approximate surface area is 113 Å². The molecule has 2 aliphatic heterocycles. The number of amides is 1. The van der Waals surface area contributed by atoms with Crippen LogP contribution in [-0.4, -0.2) is 65.3 Å². The molecule has 2 saturated heterocycles. The third kappa shape index (κ3) is 3.76. The summed E-state index contributed by atoms with van der Waals surface area (Å²) in [7, 11) is 0. The molecule has 1 amide bonds. The summed E-state index contributed by atoms with van der Waals surface area (Å²) in [6.07, 6.45) is 2.77. The van der Waals surface area contributed by atoms with Gasteiger partial charge in [0.2, 0.25) is 5.91 Å². The molecule has 3 nitrogen and oxygen atoms in total. The summed E-state index contributed by atoms with van der Waals surface area (Å²) >= 11 is 7.66. The molecule has 2 rings (SSSR count). The highest BCUT2D eigenvalue weighted by Crippen LogP contribution is 2.20. The minimum atomic E-state index is 0.229. The predicted molar refractivity (Wildman–Crippen MR) is 73.8 cm³/mol. The van der Waals surface area contributed by atoms with Crippen molar-refractivity contribution in [1.29, 1.82) is 0 Å². The third-order valence-corrected chi connectivity index (χ3v) is 4.82. The summed E-state index contributed by atoms with van der Waals surface area (Å²) in [6.45, 7) is 4.30. The Morgan fingerprint density at radius 2 is 1.82 bits per heavy atom. The zero-order valence-electron chi connectivity index (χ0n) is 10.2. The molecule has 0 saturated carbocycles. The van der Waals surface area contributed by atoms with E-state index in [1.165, 1.54) is 24.6 Å². The second-order valence-electron chi connectivity index (χ2n) is 4.70. The maximum atomic E-state index is 11.7. The molecule has 98 valence electrons.